The molecule has 1 amide bonds. The molecule has 1 aromatic rings. The van der Waals surface area contributed by atoms with Crippen LogP contribution in [0.1, 0.15) is 41.0 Å². The highest BCUT2D eigenvalue weighted by Crippen LogP contribution is 2.29. The van der Waals surface area contributed by atoms with Gasteiger partial charge in [-0.2, -0.15) is 5.10 Å². The quantitative estimate of drug-likeness (QED) is 0.753. The van der Waals surface area contributed by atoms with Crippen LogP contribution in [-0.4, -0.2) is 59.9 Å². The number of fused-ring (bicyclic) bond motifs is 1. The molecule has 1 saturated carbocycles. The van der Waals surface area contributed by atoms with E-state index in [0.717, 1.165) is 24.1 Å². The molecule has 0 bridgehead atoms. The number of hydrogen-bond donors (Lipinski definition) is 2. The van der Waals surface area contributed by atoms with Crippen LogP contribution in [-0.2, 0) is 27.2 Å². The van der Waals surface area contributed by atoms with Crippen LogP contribution in [0.3, 0.4) is 0 Å². The minimum atomic E-state index is -0.482. The van der Waals surface area contributed by atoms with E-state index in [1.165, 1.54) is 7.11 Å². The van der Waals surface area contributed by atoms with E-state index >= 15 is 0 Å². The molecule has 9 heteroatoms. The lowest BCUT2D eigenvalue weighted by Gasteiger charge is -2.36. The van der Waals surface area contributed by atoms with Crippen LogP contribution in [0.25, 0.3) is 0 Å². The SMILES string of the molecule is COC(=O)c1n[nH]c2c1CN(C(=O)[C@H]1CC[C@H](N)[C@@H](OC)C1)CC2.Cl. The average molecular weight is 373 g/mol. The summed E-state index contributed by atoms with van der Waals surface area (Å²) < 4.78 is 10.2. The molecule has 1 fully saturated rings. The maximum atomic E-state index is 12.9. The highest BCUT2D eigenvalue weighted by molar-refractivity contribution is 5.89. The minimum absolute atomic E-state index is 0. The fraction of sp³-hybridized carbons (Fsp3) is 0.688. The third kappa shape index (κ3) is 3.80. The van der Waals surface area contributed by atoms with Gasteiger partial charge < -0.3 is 20.1 Å². The van der Waals surface area contributed by atoms with Crippen LogP contribution >= 0.6 is 12.4 Å². The Morgan fingerprint density at radius 3 is 2.76 bits per heavy atom. The number of H-pyrrole nitrogens is 1. The molecular formula is C16H25ClN4O4. The van der Waals surface area contributed by atoms with Gasteiger partial charge in [0.2, 0.25) is 5.91 Å². The van der Waals surface area contributed by atoms with E-state index in [-0.39, 0.29) is 42.1 Å². The van der Waals surface area contributed by atoms with Crippen LogP contribution in [0, 0.1) is 5.92 Å². The number of aromatic amines is 1. The molecule has 0 unspecified atom stereocenters. The molecule has 3 atom stereocenters. The molecular weight excluding hydrogens is 348 g/mol. The number of methoxy groups -OCH3 is 2. The normalized spacial score (nSPS) is 25.7. The Balaban J connectivity index is 0.00000225. The number of rotatable bonds is 3. The van der Waals surface area contributed by atoms with Crippen molar-refractivity contribution in [2.24, 2.45) is 11.7 Å². The third-order valence-electron chi connectivity index (χ3n) is 5.12. The van der Waals surface area contributed by atoms with Crippen molar-refractivity contribution in [1.29, 1.82) is 0 Å². The predicted molar refractivity (Wildman–Crippen MR) is 92.4 cm³/mol. The first-order valence-electron chi connectivity index (χ1n) is 8.26. The van der Waals surface area contributed by atoms with E-state index in [1.807, 2.05) is 0 Å². The summed E-state index contributed by atoms with van der Waals surface area (Å²) in [5, 5.41) is 6.91. The number of hydrogen-bond acceptors (Lipinski definition) is 6. The second-order valence-corrected chi connectivity index (χ2v) is 6.48. The Kier molecular flexibility index (Phi) is 6.42. The molecule has 140 valence electrons. The first kappa shape index (κ1) is 19.7. The van der Waals surface area contributed by atoms with Crippen molar-refractivity contribution in [3.63, 3.8) is 0 Å². The maximum absolute atomic E-state index is 12.9. The van der Waals surface area contributed by atoms with Gasteiger partial charge in [0.1, 0.15) is 0 Å². The zero-order chi connectivity index (χ0) is 17.3. The molecule has 2 aliphatic rings. The van der Waals surface area contributed by atoms with E-state index in [9.17, 15) is 9.59 Å². The van der Waals surface area contributed by atoms with Crippen LogP contribution in [0.15, 0.2) is 0 Å². The van der Waals surface area contributed by atoms with E-state index < -0.39 is 5.97 Å². The first-order chi connectivity index (χ1) is 11.5. The monoisotopic (exact) mass is 372 g/mol. The van der Waals surface area contributed by atoms with Gasteiger partial charge in [-0.05, 0) is 19.3 Å². The van der Waals surface area contributed by atoms with Gasteiger partial charge in [0.15, 0.2) is 5.69 Å². The molecule has 1 aliphatic carbocycles. The number of halogens is 1. The van der Waals surface area contributed by atoms with Crippen LogP contribution in [0.4, 0.5) is 0 Å². The van der Waals surface area contributed by atoms with Gasteiger partial charge in [-0.1, -0.05) is 0 Å². The second-order valence-electron chi connectivity index (χ2n) is 6.48. The minimum Gasteiger partial charge on any atom is -0.464 e. The molecule has 25 heavy (non-hydrogen) atoms. The standard InChI is InChI=1S/C16H24N4O4.ClH/c1-23-13-7-9(3-4-11(13)17)15(21)20-6-5-12-10(8-20)14(19-18-12)16(22)24-2;/h9,11,13H,3-8,17H2,1-2H3,(H,18,19);1H/t9-,11-,13-;/m0./s1. The number of ether oxygens (including phenoxy) is 2. The Morgan fingerprint density at radius 2 is 2.08 bits per heavy atom. The number of esters is 1. The molecule has 0 aromatic carbocycles. The van der Waals surface area contributed by atoms with E-state index in [1.54, 1.807) is 12.0 Å². The lowest BCUT2D eigenvalue weighted by molar-refractivity contribution is -0.139. The summed E-state index contributed by atoms with van der Waals surface area (Å²) in [6.07, 6.45) is 2.79. The second kappa shape index (κ2) is 8.16. The van der Waals surface area contributed by atoms with Gasteiger partial charge in [0, 0.05) is 49.8 Å². The summed E-state index contributed by atoms with van der Waals surface area (Å²) in [6.45, 7) is 1.00. The van der Waals surface area contributed by atoms with Gasteiger partial charge in [-0.3, -0.25) is 9.89 Å². The van der Waals surface area contributed by atoms with Crippen molar-refractivity contribution in [3.05, 3.63) is 17.0 Å². The smallest absolute Gasteiger partial charge is 0.358 e. The Bertz CT molecular complexity index is 636. The van der Waals surface area contributed by atoms with Crippen molar-refractivity contribution < 1.29 is 19.1 Å². The van der Waals surface area contributed by atoms with E-state index in [4.69, 9.17) is 15.2 Å². The Labute approximate surface area is 152 Å². The Hall–Kier alpha value is -1.64. The molecule has 0 radical (unpaired) electrons. The Morgan fingerprint density at radius 1 is 1.32 bits per heavy atom. The fourth-order valence-corrected chi connectivity index (χ4v) is 3.65. The molecule has 1 aromatic heterocycles. The fourth-order valence-electron chi connectivity index (χ4n) is 3.65. The lowest BCUT2D eigenvalue weighted by Crippen LogP contribution is -2.47. The molecule has 3 rings (SSSR count). The van der Waals surface area contributed by atoms with Gasteiger partial charge in [0.25, 0.3) is 0 Å². The first-order valence-corrected chi connectivity index (χ1v) is 8.26. The number of amides is 1. The summed E-state index contributed by atoms with van der Waals surface area (Å²) in [7, 11) is 2.96. The summed E-state index contributed by atoms with van der Waals surface area (Å²) in [5.74, 6) is -0.457. The van der Waals surface area contributed by atoms with Crippen molar-refractivity contribution in [3.8, 4) is 0 Å². The molecule has 0 saturated heterocycles. The van der Waals surface area contributed by atoms with Crippen LogP contribution < -0.4 is 5.73 Å². The molecule has 3 N–H and O–H groups in total. The van der Waals surface area contributed by atoms with Crippen molar-refractivity contribution in [1.82, 2.24) is 15.1 Å². The molecule has 2 heterocycles. The van der Waals surface area contributed by atoms with E-state index in [2.05, 4.69) is 10.2 Å². The van der Waals surface area contributed by atoms with Gasteiger partial charge in [-0.15, -0.1) is 12.4 Å². The summed E-state index contributed by atoms with van der Waals surface area (Å²) in [4.78, 5) is 26.5. The van der Waals surface area contributed by atoms with E-state index in [0.29, 0.717) is 25.9 Å². The van der Waals surface area contributed by atoms with Gasteiger partial charge in [0.05, 0.1) is 13.2 Å². The molecule has 0 spiro atoms. The number of carbonyl (C=O) groups is 2. The number of nitrogens with zero attached hydrogens (tertiary/aromatic N) is 2. The molecule has 8 nitrogen and oxygen atoms in total. The van der Waals surface area contributed by atoms with Crippen molar-refractivity contribution >= 4 is 24.3 Å². The summed E-state index contributed by atoms with van der Waals surface area (Å²) >= 11 is 0. The average Bonchev–Trinajstić information content (AvgIpc) is 3.04. The number of aromatic nitrogens is 2. The number of carbonyl (C=O) groups excluding carboxylic acids is 2. The lowest BCUT2D eigenvalue weighted by atomic mass is 9.83. The van der Waals surface area contributed by atoms with Gasteiger partial charge in [-0.25, -0.2) is 4.79 Å². The van der Waals surface area contributed by atoms with Crippen molar-refractivity contribution in [2.45, 2.75) is 44.4 Å². The van der Waals surface area contributed by atoms with Crippen molar-refractivity contribution in [2.75, 3.05) is 20.8 Å². The highest BCUT2D eigenvalue weighted by atomic mass is 35.5. The topological polar surface area (TPSA) is 111 Å². The zero-order valence-electron chi connectivity index (χ0n) is 14.5. The van der Waals surface area contributed by atoms with Gasteiger partial charge >= 0.3 is 5.97 Å². The summed E-state index contributed by atoms with van der Waals surface area (Å²) in [5.41, 5.74) is 7.97. The van der Waals surface area contributed by atoms with Crippen LogP contribution in [0.5, 0.6) is 0 Å². The molecule has 1 aliphatic heterocycles. The van der Waals surface area contributed by atoms with Crippen LogP contribution in [0.2, 0.25) is 0 Å². The zero-order valence-corrected chi connectivity index (χ0v) is 15.3. The maximum Gasteiger partial charge on any atom is 0.358 e. The number of nitrogens with one attached hydrogen (secondary N) is 1. The third-order valence-corrected chi connectivity index (χ3v) is 5.12. The number of nitrogens with two attached hydrogens (primary N) is 1. The highest BCUT2D eigenvalue weighted by Gasteiger charge is 2.36. The predicted octanol–water partition coefficient (Wildman–Crippen LogP) is 0.645. The largest absolute Gasteiger partial charge is 0.464 e. The summed E-state index contributed by atoms with van der Waals surface area (Å²) in [6, 6.07) is -0.00758.